The molecule has 0 bridgehead atoms. The zero-order valence-electron chi connectivity index (χ0n) is 11.3. The summed E-state index contributed by atoms with van der Waals surface area (Å²) < 4.78 is 27.2. The minimum absolute atomic E-state index is 0.101. The SMILES string of the molecule is Cc1ccc(S(=O)(=O)NCc2cscn2)c(C#CCO)c1. The van der Waals surface area contributed by atoms with Crippen molar-refractivity contribution in [2.24, 2.45) is 0 Å². The predicted octanol–water partition coefficient (Wildman–Crippen LogP) is 1.27. The second kappa shape index (κ2) is 6.83. The molecular formula is C14H14N2O3S2. The van der Waals surface area contributed by atoms with Crippen LogP contribution in [0.25, 0.3) is 0 Å². The van der Waals surface area contributed by atoms with Crippen LogP contribution in [0.4, 0.5) is 0 Å². The highest BCUT2D eigenvalue weighted by atomic mass is 32.2. The van der Waals surface area contributed by atoms with E-state index in [4.69, 9.17) is 5.11 Å². The lowest BCUT2D eigenvalue weighted by Crippen LogP contribution is -2.24. The fraction of sp³-hybridized carbons (Fsp3) is 0.214. The lowest BCUT2D eigenvalue weighted by molar-refractivity contribution is 0.350. The quantitative estimate of drug-likeness (QED) is 0.831. The van der Waals surface area contributed by atoms with Crippen molar-refractivity contribution < 1.29 is 13.5 Å². The van der Waals surface area contributed by atoms with E-state index in [0.29, 0.717) is 11.3 Å². The Kier molecular flexibility index (Phi) is 5.09. The number of aliphatic hydroxyl groups is 1. The van der Waals surface area contributed by atoms with Crippen molar-refractivity contribution in [2.75, 3.05) is 6.61 Å². The van der Waals surface area contributed by atoms with E-state index >= 15 is 0 Å². The summed E-state index contributed by atoms with van der Waals surface area (Å²) in [6.45, 7) is 1.66. The number of benzene rings is 1. The molecule has 1 aromatic heterocycles. The van der Waals surface area contributed by atoms with Gasteiger partial charge < -0.3 is 5.11 Å². The van der Waals surface area contributed by atoms with Gasteiger partial charge in [0.2, 0.25) is 10.0 Å². The summed E-state index contributed by atoms with van der Waals surface area (Å²) in [6.07, 6.45) is 0. The molecule has 0 aliphatic carbocycles. The summed E-state index contributed by atoms with van der Waals surface area (Å²) in [6, 6.07) is 4.90. The van der Waals surface area contributed by atoms with Crippen molar-refractivity contribution in [3.8, 4) is 11.8 Å². The molecule has 0 saturated carbocycles. The number of aliphatic hydroxyl groups excluding tert-OH is 1. The Bertz CT molecular complexity index is 772. The van der Waals surface area contributed by atoms with E-state index in [1.807, 2.05) is 6.92 Å². The molecule has 1 aromatic carbocycles. The third kappa shape index (κ3) is 4.12. The fourth-order valence-electron chi connectivity index (χ4n) is 1.68. The Hall–Kier alpha value is -1.72. The van der Waals surface area contributed by atoms with E-state index in [9.17, 15) is 8.42 Å². The highest BCUT2D eigenvalue weighted by molar-refractivity contribution is 7.89. The highest BCUT2D eigenvalue weighted by Gasteiger charge is 2.18. The zero-order valence-corrected chi connectivity index (χ0v) is 13.0. The van der Waals surface area contributed by atoms with Crippen LogP contribution in [0.5, 0.6) is 0 Å². The summed E-state index contributed by atoms with van der Waals surface area (Å²) in [5.41, 5.74) is 3.58. The fourth-order valence-corrected chi connectivity index (χ4v) is 3.38. The number of hydrogen-bond donors (Lipinski definition) is 2. The van der Waals surface area contributed by atoms with Gasteiger partial charge >= 0.3 is 0 Å². The molecule has 110 valence electrons. The summed E-state index contributed by atoms with van der Waals surface area (Å²) in [4.78, 5) is 4.13. The van der Waals surface area contributed by atoms with Gasteiger partial charge in [0, 0.05) is 10.9 Å². The number of hydrogen-bond acceptors (Lipinski definition) is 5. The Morgan fingerprint density at radius 2 is 2.24 bits per heavy atom. The standard InChI is InChI=1S/C14H14N2O3S2/c1-11-4-5-14(12(7-11)3-2-6-17)21(18,19)16-8-13-9-20-10-15-13/h4-5,7,9-10,16-17H,6,8H2,1H3. The minimum atomic E-state index is -3.68. The molecule has 0 spiro atoms. The van der Waals surface area contributed by atoms with Crippen LogP contribution in [0.15, 0.2) is 34.0 Å². The number of nitrogens with zero attached hydrogens (tertiary/aromatic N) is 1. The normalized spacial score (nSPS) is 11.0. The molecule has 0 aliphatic rings. The van der Waals surface area contributed by atoms with Gasteiger partial charge in [-0.2, -0.15) is 0 Å². The maximum absolute atomic E-state index is 12.4. The maximum Gasteiger partial charge on any atom is 0.242 e. The second-order valence-electron chi connectivity index (χ2n) is 4.26. The van der Waals surface area contributed by atoms with Crippen molar-refractivity contribution >= 4 is 21.4 Å². The van der Waals surface area contributed by atoms with Gasteiger partial charge in [-0.15, -0.1) is 11.3 Å². The first kappa shape index (κ1) is 15.7. The highest BCUT2D eigenvalue weighted by Crippen LogP contribution is 2.17. The van der Waals surface area contributed by atoms with Crippen LogP contribution in [-0.2, 0) is 16.6 Å². The largest absolute Gasteiger partial charge is 0.384 e. The molecular weight excluding hydrogens is 308 g/mol. The van der Waals surface area contributed by atoms with Crippen molar-refractivity contribution in [1.82, 2.24) is 9.71 Å². The van der Waals surface area contributed by atoms with Crippen LogP contribution in [-0.4, -0.2) is 25.1 Å². The number of sulfonamides is 1. The average Bonchev–Trinajstić information content (AvgIpc) is 2.96. The molecule has 2 N–H and O–H groups in total. The summed E-state index contributed by atoms with van der Waals surface area (Å²) in [5.74, 6) is 5.15. The molecule has 2 rings (SSSR count). The molecule has 0 saturated heterocycles. The first-order valence-electron chi connectivity index (χ1n) is 6.10. The van der Waals surface area contributed by atoms with E-state index in [0.717, 1.165) is 5.56 Å². The molecule has 0 fully saturated rings. The molecule has 0 aliphatic heterocycles. The topological polar surface area (TPSA) is 79.3 Å². The van der Waals surface area contributed by atoms with Crippen LogP contribution in [0.3, 0.4) is 0 Å². The lowest BCUT2D eigenvalue weighted by Gasteiger charge is -2.08. The summed E-state index contributed by atoms with van der Waals surface area (Å²) in [7, 11) is -3.68. The minimum Gasteiger partial charge on any atom is -0.384 e. The maximum atomic E-state index is 12.4. The molecule has 5 nitrogen and oxygen atoms in total. The molecule has 21 heavy (non-hydrogen) atoms. The number of aromatic nitrogens is 1. The van der Waals surface area contributed by atoms with Crippen LogP contribution < -0.4 is 4.72 Å². The van der Waals surface area contributed by atoms with Crippen molar-refractivity contribution in [3.05, 3.63) is 45.9 Å². The first-order chi connectivity index (χ1) is 10.0. The van der Waals surface area contributed by atoms with E-state index < -0.39 is 10.0 Å². The number of rotatable bonds is 4. The molecule has 0 unspecified atom stereocenters. The molecule has 7 heteroatoms. The van der Waals surface area contributed by atoms with Crippen LogP contribution in [0.1, 0.15) is 16.8 Å². The van der Waals surface area contributed by atoms with Crippen LogP contribution in [0.2, 0.25) is 0 Å². The van der Waals surface area contributed by atoms with Gasteiger partial charge in [-0.1, -0.05) is 17.9 Å². The van der Waals surface area contributed by atoms with Crippen molar-refractivity contribution in [3.63, 3.8) is 0 Å². The second-order valence-corrected chi connectivity index (χ2v) is 6.72. The van der Waals surface area contributed by atoms with E-state index in [1.165, 1.54) is 17.4 Å². The third-order valence-corrected chi connectivity index (χ3v) is 4.75. The Labute approximate surface area is 127 Å². The third-order valence-electron chi connectivity index (χ3n) is 2.65. The van der Waals surface area contributed by atoms with Gasteiger partial charge in [-0.25, -0.2) is 18.1 Å². The van der Waals surface area contributed by atoms with Crippen LogP contribution >= 0.6 is 11.3 Å². The molecule has 0 amide bonds. The zero-order chi connectivity index (χ0) is 15.3. The molecule has 2 aromatic rings. The van der Waals surface area contributed by atoms with Gasteiger partial charge in [0.1, 0.15) is 6.61 Å². The Morgan fingerprint density at radius 3 is 2.90 bits per heavy atom. The first-order valence-corrected chi connectivity index (χ1v) is 8.52. The van der Waals surface area contributed by atoms with E-state index in [1.54, 1.807) is 23.0 Å². The van der Waals surface area contributed by atoms with E-state index in [-0.39, 0.29) is 18.0 Å². The average molecular weight is 322 g/mol. The smallest absolute Gasteiger partial charge is 0.242 e. The summed E-state index contributed by atoms with van der Waals surface area (Å²) >= 11 is 1.41. The van der Waals surface area contributed by atoms with Gasteiger partial charge in [0.25, 0.3) is 0 Å². The van der Waals surface area contributed by atoms with Gasteiger partial charge in [0.05, 0.1) is 22.6 Å². The molecule has 0 atom stereocenters. The van der Waals surface area contributed by atoms with Crippen molar-refractivity contribution in [1.29, 1.82) is 0 Å². The predicted molar refractivity (Wildman–Crippen MR) is 81.3 cm³/mol. The number of thiazole rings is 1. The van der Waals surface area contributed by atoms with Crippen molar-refractivity contribution in [2.45, 2.75) is 18.4 Å². The lowest BCUT2D eigenvalue weighted by atomic mass is 10.1. The number of aryl methyl sites for hydroxylation is 1. The van der Waals surface area contributed by atoms with Crippen LogP contribution in [0, 0.1) is 18.8 Å². The Balaban J connectivity index is 2.30. The monoisotopic (exact) mass is 322 g/mol. The Morgan fingerprint density at radius 1 is 1.43 bits per heavy atom. The van der Waals surface area contributed by atoms with Gasteiger partial charge in [0.15, 0.2) is 0 Å². The van der Waals surface area contributed by atoms with E-state index in [2.05, 4.69) is 21.5 Å². The summed E-state index contributed by atoms with van der Waals surface area (Å²) in [5, 5.41) is 10.6. The molecule has 1 heterocycles. The van der Waals surface area contributed by atoms with Gasteiger partial charge in [-0.3, -0.25) is 0 Å². The van der Waals surface area contributed by atoms with Gasteiger partial charge in [-0.05, 0) is 24.6 Å². The number of nitrogens with one attached hydrogen (secondary N) is 1. The molecule has 0 radical (unpaired) electrons.